The van der Waals surface area contributed by atoms with Gasteiger partial charge in [0.2, 0.25) is 37.4 Å². The first-order chi connectivity index (χ1) is 60.9. The first-order valence-electron chi connectivity index (χ1n) is 44.9. The summed E-state index contributed by atoms with van der Waals surface area (Å²) < 4.78 is 19.1. The van der Waals surface area contributed by atoms with Crippen LogP contribution >= 0.6 is 0 Å². The molecule has 0 N–H and O–H groups in total. The van der Waals surface area contributed by atoms with Crippen molar-refractivity contribution in [1.82, 2.24) is 59.3 Å². The Morgan fingerprint density at radius 1 is 0.456 bits per heavy atom. The highest BCUT2D eigenvalue weighted by molar-refractivity contribution is 5.96. The number of hydrogen-bond acceptors (Lipinski definition) is 21. The second-order valence-electron chi connectivity index (χ2n) is 35.5. The third-order valence-electron chi connectivity index (χ3n) is 27.6. The minimum absolute atomic E-state index is 0.0498. The lowest BCUT2D eigenvalue weighted by atomic mass is 10.0. The number of benzene rings is 5. The van der Waals surface area contributed by atoms with Gasteiger partial charge in [-0.05, 0) is 189 Å². The van der Waals surface area contributed by atoms with Gasteiger partial charge in [-0.2, -0.15) is 29.9 Å². The number of amides is 3. The highest BCUT2D eigenvalue weighted by Gasteiger charge is 2.42. The molecule has 5 aromatic carbocycles. The zero-order chi connectivity index (χ0) is 86.8. The number of fused-ring (bicyclic) bond motifs is 5. The predicted molar refractivity (Wildman–Crippen MR) is 492 cm³/mol. The fourth-order valence-corrected chi connectivity index (χ4v) is 20.0. The van der Waals surface area contributed by atoms with Crippen LogP contribution in [0.25, 0.3) is 36.1 Å². The van der Waals surface area contributed by atoms with Crippen LogP contribution in [0, 0.1) is 39.5 Å². The van der Waals surface area contributed by atoms with E-state index in [4.69, 9.17) is 63.8 Å². The molecule has 1 aliphatic carbocycles. The van der Waals surface area contributed by atoms with Crippen molar-refractivity contribution in [3.05, 3.63) is 220 Å². The molecular formula is C98H119N21O6. The number of nitrogens with zero attached hydrogens (tertiary/aromatic N) is 21. The first kappa shape index (κ1) is 86.6. The molecule has 7 fully saturated rings. The van der Waals surface area contributed by atoms with E-state index in [9.17, 15) is 14.4 Å². The molecule has 0 radical (unpaired) electrons. The van der Waals surface area contributed by atoms with Crippen molar-refractivity contribution >= 4 is 73.8 Å². The molecule has 0 spiro atoms. The van der Waals surface area contributed by atoms with Gasteiger partial charge in [-0.1, -0.05) is 105 Å². The largest absolute Gasteiger partial charge is 0.462 e. The van der Waals surface area contributed by atoms with E-state index in [0.29, 0.717) is 128 Å². The number of likely N-dealkylation sites (tertiary alicyclic amines) is 3. The lowest BCUT2D eigenvalue weighted by Crippen LogP contribution is -2.56. The van der Waals surface area contributed by atoms with Crippen LogP contribution in [0.2, 0.25) is 0 Å². The number of likely N-dealkylation sites (N-methyl/N-ethyl adjacent to an activating group) is 2. The lowest BCUT2D eigenvalue weighted by Gasteiger charge is -2.41. The number of carbonyl (C=O) groups excluding carboxylic acids is 3. The molecular weight excluding hydrogens is 1570 g/mol. The van der Waals surface area contributed by atoms with Gasteiger partial charge in [0.25, 0.3) is 0 Å². The van der Waals surface area contributed by atoms with Crippen LogP contribution in [0.15, 0.2) is 141 Å². The van der Waals surface area contributed by atoms with Crippen molar-refractivity contribution in [1.29, 1.82) is 0 Å². The molecule has 3 amide bonds. The first-order valence-corrected chi connectivity index (χ1v) is 44.9. The van der Waals surface area contributed by atoms with Crippen LogP contribution in [-0.2, 0) is 53.3 Å². The zero-order valence-corrected chi connectivity index (χ0v) is 73.4. The molecule has 6 atom stereocenters. The molecule has 10 aliphatic rings. The Morgan fingerprint density at radius 2 is 0.872 bits per heavy atom. The van der Waals surface area contributed by atoms with E-state index < -0.39 is 0 Å². The standard InChI is InChI=1S/C35H41N7O2.C33H39N7O2.C30H39N7O2/c1-3-33(43)42-19-18-41(22-28(42)20-36-2)34-30-15-17-40(32-12-6-9-26-8-4-5-11-29(26)32)23-31(30)37-35(38-34)44-24-27-10-7-16-39(27)21-25-13-14-25;1-5-30(41)40-19-18-39(21-25(40)20-34-3)31-27-14-17-38(29-13-8-11-24-10-6-7-12-26(24)29)22-28(27)35-32(36-31)42-23-33(2)15-9-16-37(33)4;1-6-28(38)37-16-15-36(18-24(37)17-31-4)29-25-12-14-35(27-11-7-9-21(2)22(27)3)19-26(25)32-30(33-29)39-20-23-10-8-13-34(23)5/h3-6,8-9,11-12,25,27-28H,1,7,10,13-24H2;5-8,10-13,25H,1,9,14-23H2,2,4H3;6-7,9,11,23-24H,1,8,10,12-20H2,2-3,5H3/t27-,28?;25?,33-;23-,24-/m000/s1. The average Bonchev–Trinajstić information content (AvgIpc) is 0.943. The molecule has 2 unspecified atom stereocenters. The molecule has 3 aromatic heterocycles. The van der Waals surface area contributed by atoms with Gasteiger partial charge in [-0.15, -0.1) is 0 Å². The molecule has 18 rings (SSSR count). The second-order valence-corrected chi connectivity index (χ2v) is 35.5. The lowest BCUT2D eigenvalue weighted by molar-refractivity contribution is -0.129. The van der Waals surface area contributed by atoms with Crippen molar-refractivity contribution < 1.29 is 28.6 Å². The molecule has 0 bridgehead atoms. The van der Waals surface area contributed by atoms with Crippen molar-refractivity contribution in [2.24, 2.45) is 5.92 Å². The van der Waals surface area contributed by atoms with E-state index in [2.05, 4.69) is 216 Å². The molecule has 12 heterocycles. The fraction of sp³-hybridized carbons (Fsp3) is 0.490. The Morgan fingerprint density at radius 3 is 1.30 bits per heavy atom. The van der Waals surface area contributed by atoms with Gasteiger partial charge < -0.3 is 77.7 Å². The number of anilines is 6. The van der Waals surface area contributed by atoms with E-state index in [0.717, 1.165) is 141 Å². The number of piperazine rings is 3. The number of hydrogen-bond donors (Lipinski definition) is 0. The molecule has 8 aromatic rings. The van der Waals surface area contributed by atoms with E-state index in [-0.39, 0.29) is 61.0 Å². The Balaban J connectivity index is 0.000000139. The van der Waals surface area contributed by atoms with Crippen molar-refractivity contribution in [2.75, 3.05) is 188 Å². The van der Waals surface area contributed by atoms with E-state index >= 15 is 0 Å². The minimum Gasteiger partial charge on any atom is -0.462 e. The fourth-order valence-electron chi connectivity index (χ4n) is 20.0. The average molecular weight is 1690 g/mol. The molecule has 1 saturated carbocycles. The summed E-state index contributed by atoms with van der Waals surface area (Å²) in [4.78, 5) is 105. The van der Waals surface area contributed by atoms with Gasteiger partial charge in [0.1, 0.15) is 55.4 Å². The Hall–Kier alpha value is -12.0. The Kier molecular flexibility index (Phi) is 27.1. The molecule has 27 heteroatoms. The summed E-state index contributed by atoms with van der Waals surface area (Å²) >= 11 is 0. The summed E-state index contributed by atoms with van der Waals surface area (Å²) in [5.41, 5.74) is 12.6. The summed E-state index contributed by atoms with van der Waals surface area (Å²) in [5, 5.41) is 4.93. The highest BCUT2D eigenvalue weighted by Crippen LogP contribution is 2.41. The minimum atomic E-state index is -0.224. The van der Waals surface area contributed by atoms with E-state index in [1.54, 1.807) is 14.7 Å². The van der Waals surface area contributed by atoms with Crippen LogP contribution in [-0.4, -0.2) is 271 Å². The monoisotopic (exact) mass is 1690 g/mol. The van der Waals surface area contributed by atoms with Gasteiger partial charge in [0, 0.05) is 142 Å². The second kappa shape index (κ2) is 39.1. The summed E-state index contributed by atoms with van der Waals surface area (Å²) in [6.45, 7) is 56.7. The van der Waals surface area contributed by atoms with Crippen LogP contribution in [0.4, 0.5) is 34.5 Å². The van der Waals surface area contributed by atoms with Gasteiger partial charge in [0.15, 0.2) is 0 Å². The third kappa shape index (κ3) is 19.3. The number of rotatable bonds is 23. The quantitative estimate of drug-likeness (QED) is 0.0431. The number of carbonyl (C=O) groups is 3. The Labute approximate surface area is 736 Å². The number of aryl methyl sites for hydroxylation is 1. The molecule has 27 nitrogen and oxygen atoms in total. The van der Waals surface area contributed by atoms with Crippen LogP contribution in [0.5, 0.6) is 18.0 Å². The van der Waals surface area contributed by atoms with Crippen molar-refractivity contribution in [3.63, 3.8) is 0 Å². The topological polar surface area (TPSA) is 208 Å². The SMILES string of the molecule is [C-]#[N+]CC1CN(c2nc(OC[C@@H]3CCCN3CC3CC3)nc3c2CCN(c2cccc4ccccc24)C3)CCN1C(=O)C=C.[C-]#[N+]CC1CN(c2nc(OC[C@]3(C)CCCN3C)nc3c2CCN(c2cccc4ccccc24)C3)CCN1C(=O)C=C.[C-]#[N+]C[C@H]1CN(c2nc(OC[C@@H]3CCCN3C)nc3c2CCN(c2cccc(C)c2C)C3)CCN1C(=O)C=C. The smallest absolute Gasteiger partial charge is 0.318 e. The van der Waals surface area contributed by atoms with Crippen LogP contribution in [0.3, 0.4) is 0 Å². The van der Waals surface area contributed by atoms with Crippen LogP contribution < -0.4 is 43.6 Å². The number of aromatic nitrogens is 6. The van der Waals surface area contributed by atoms with E-state index in [1.165, 1.54) is 100 Å². The van der Waals surface area contributed by atoms with Crippen molar-refractivity contribution in [2.45, 2.75) is 147 Å². The molecule has 6 saturated heterocycles. The summed E-state index contributed by atoms with van der Waals surface area (Å²) in [6.07, 6.45) is 16.1. The summed E-state index contributed by atoms with van der Waals surface area (Å²) in [7, 11) is 4.29. The molecule has 652 valence electrons. The predicted octanol–water partition coefficient (Wildman–Crippen LogP) is 12.0. The number of ether oxygens (including phenoxy) is 3. The summed E-state index contributed by atoms with van der Waals surface area (Å²) in [6, 6.07) is 37.8. The maximum atomic E-state index is 12.6. The zero-order valence-electron chi connectivity index (χ0n) is 73.4. The maximum Gasteiger partial charge on any atom is 0.318 e. The normalized spacial score (nSPS) is 22.1. The Bertz CT molecular complexity index is 5420. The third-order valence-corrected chi connectivity index (χ3v) is 27.6. The maximum absolute atomic E-state index is 12.6. The van der Waals surface area contributed by atoms with Gasteiger partial charge in [-0.3, -0.25) is 24.2 Å². The van der Waals surface area contributed by atoms with Gasteiger partial charge >= 0.3 is 18.0 Å². The van der Waals surface area contributed by atoms with Crippen molar-refractivity contribution in [3.8, 4) is 18.0 Å². The van der Waals surface area contributed by atoms with Crippen LogP contribution in [0.1, 0.15) is 103 Å². The summed E-state index contributed by atoms with van der Waals surface area (Å²) in [5.74, 6) is 3.14. The highest BCUT2D eigenvalue weighted by atomic mass is 16.5. The van der Waals surface area contributed by atoms with Gasteiger partial charge in [0.05, 0.1) is 42.3 Å². The molecule has 9 aliphatic heterocycles. The van der Waals surface area contributed by atoms with E-state index in [1.807, 2.05) is 0 Å². The van der Waals surface area contributed by atoms with Gasteiger partial charge in [-0.25, -0.2) is 19.7 Å². The molecule has 125 heavy (non-hydrogen) atoms.